The Morgan fingerprint density at radius 2 is 2.06 bits per heavy atom. The van der Waals surface area contributed by atoms with Crippen molar-refractivity contribution in [2.75, 3.05) is 6.61 Å². The number of halogens is 1. The lowest BCUT2D eigenvalue weighted by molar-refractivity contribution is 0.101. The lowest BCUT2D eigenvalue weighted by Gasteiger charge is -2.22. The third kappa shape index (κ3) is 2.30. The topological polar surface area (TPSA) is 29.5 Å². The Morgan fingerprint density at radius 3 is 2.72 bits per heavy atom. The summed E-state index contributed by atoms with van der Waals surface area (Å²) in [5.74, 6) is 3.04. The molecule has 0 saturated heterocycles. The van der Waals surface area contributed by atoms with E-state index < -0.39 is 0 Å². The third-order valence-corrected chi connectivity index (χ3v) is 4.81. The molecule has 3 atom stereocenters. The first-order valence-electron chi connectivity index (χ1n) is 6.79. The molecule has 18 heavy (non-hydrogen) atoms. The van der Waals surface area contributed by atoms with Gasteiger partial charge >= 0.3 is 0 Å². The van der Waals surface area contributed by atoms with Crippen LogP contribution in [0.15, 0.2) is 22.7 Å². The first-order chi connectivity index (χ1) is 8.69. The van der Waals surface area contributed by atoms with Crippen molar-refractivity contribution in [3.63, 3.8) is 0 Å². The van der Waals surface area contributed by atoms with Crippen LogP contribution in [0.1, 0.15) is 37.9 Å². The van der Waals surface area contributed by atoms with E-state index in [1.807, 2.05) is 25.1 Å². The summed E-state index contributed by atoms with van der Waals surface area (Å²) in [6.45, 7) is 2.61. The van der Waals surface area contributed by atoms with E-state index in [-0.39, 0.29) is 6.10 Å². The largest absolute Gasteiger partial charge is 0.493 e. The van der Waals surface area contributed by atoms with E-state index in [1.54, 1.807) is 0 Å². The molecule has 0 heterocycles. The van der Waals surface area contributed by atoms with E-state index in [0.29, 0.717) is 12.5 Å². The maximum atomic E-state index is 10.6. The summed E-state index contributed by atoms with van der Waals surface area (Å²) in [4.78, 5) is 0. The van der Waals surface area contributed by atoms with Crippen LogP contribution < -0.4 is 4.74 Å². The van der Waals surface area contributed by atoms with Gasteiger partial charge in [0.1, 0.15) is 5.75 Å². The standard InChI is InChI=1S/C15H19BrO2/c1-2-18-14-4-3-12(16)8-13(14)15(17)11-6-9-5-10(9)7-11/h3-4,8-11,15,17H,2,5-7H2,1H3. The molecule has 2 aliphatic carbocycles. The van der Waals surface area contributed by atoms with Gasteiger partial charge in [-0.15, -0.1) is 0 Å². The van der Waals surface area contributed by atoms with Crippen LogP contribution in [0.3, 0.4) is 0 Å². The smallest absolute Gasteiger partial charge is 0.125 e. The first kappa shape index (κ1) is 12.5. The van der Waals surface area contributed by atoms with E-state index in [9.17, 15) is 5.11 Å². The highest BCUT2D eigenvalue weighted by Crippen LogP contribution is 2.57. The Labute approximate surface area is 116 Å². The fourth-order valence-electron chi connectivity index (χ4n) is 3.31. The minimum atomic E-state index is -0.378. The Kier molecular flexibility index (Phi) is 3.37. The highest BCUT2D eigenvalue weighted by atomic mass is 79.9. The van der Waals surface area contributed by atoms with Crippen LogP contribution in [-0.4, -0.2) is 11.7 Å². The molecule has 3 unspecified atom stereocenters. The third-order valence-electron chi connectivity index (χ3n) is 4.32. The summed E-state index contributed by atoms with van der Waals surface area (Å²) in [6, 6.07) is 5.91. The Balaban J connectivity index is 1.82. The molecule has 0 aliphatic heterocycles. The summed E-state index contributed by atoms with van der Waals surface area (Å²) in [7, 11) is 0. The second-order valence-electron chi connectivity index (χ2n) is 5.55. The molecule has 3 heteroatoms. The van der Waals surface area contributed by atoms with Gasteiger partial charge in [0.05, 0.1) is 12.7 Å². The Morgan fingerprint density at radius 1 is 1.33 bits per heavy atom. The van der Waals surface area contributed by atoms with Crippen molar-refractivity contribution in [1.82, 2.24) is 0 Å². The summed E-state index contributed by atoms with van der Waals surface area (Å²) >= 11 is 3.48. The molecule has 0 bridgehead atoms. The zero-order valence-corrected chi connectivity index (χ0v) is 12.2. The van der Waals surface area contributed by atoms with Crippen molar-refractivity contribution >= 4 is 15.9 Å². The number of aliphatic hydroxyl groups is 1. The van der Waals surface area contributed by atoms with Crippen LogP contribution in [0, 0.1) is 17.8 Å². The van der Waals surface area contributed by atoms with Gasteiger partial charge in [-0.25, -0.2) is 0 Å². The number of aliphatic hydroxyl groups excluding tert-OH is 1. The van der Waals surface area contributed by atoms with Gasteiger partial charge in [-0.3, -0.25) is 0 Å². The molecule has 3 rings (SSSR count). The van der Waals surface area contributed by atoms with Crippen LogP contribution in [-0.2, 0) is 0 Å². The average Bonchev–Trinajstić information content (AvgIpc) is 2.98. The van der Waals surface area contributed by atoms with E-state index in [4.69, 9.17) is 4.74 Å². The van der Waals surface area contributed by atoms with Gasteiger partial charge in [0.25, 0.3) is 0 Å². The van der Waals surface area contributed by atoms with Gasteiger partial charge in [-0.1, -0.05) is 15.9 Å². The Hall–Kier alpha value is -0.540. The molecular formula is C15H19BrO2. The molecular weight excluding hydrogens is 292 g/mol. The molecule has 2 nitrogen and oxygen atoms in total. The van der Waals surface area contributed by atoms with Gasteiger partial charge in [0, 0.05) is 10.0 Å². The van der Waals surface area contributed by atoms with Crippen molar-refractivity contribution in [3.05, 3.63) is 28.2 Å². The van der Waals surface area contributed by atoms with Crippen molar-refractivity contribution in [2.45, 2.75) is 32.3 Å². The van der Waals surface area contributed by atoms with Gasteiger partial charge in [0.2, 0.25) is 0 Å². The zero-order valence-electron chi connectivity index (χ0n) is 10.6. The number of ether oxygens (including phenoxy) is 1. The summed E-state index contributed by atoms with van der Waals surface area (Å²) in [6.07, 6.45) is 3.38. The number of benzene rings is 1. The molecule has 0 aromatic heterocycles. The monoisotopic (exact) mass is 310 g/mol. The molecule has 0 amide bonds. The maximum absolute atomic E-state index is 10.6. The van der Waals surface area contributed by atoms with E-state index in [1.165, 1.54) is 19.3 Å². The molecule has 0 spiro atoms. The van der Waals surface area contributed by atoms with E-state index >= 15 is 0 Å². The predicted molar refractivity (Wildman–Crippen MR) is 74.6 cm³/mol. The number of hydrogen-bond acceptors (Lipinski definition) is 2. The quantitative estimate of drug-likeness (QED) is 0.913. The molecule has 2 saturated carbocycles. The highest BCUT2D eigenvalue weighted by molar-refractivity contribution is 9.10. The van der Waals surface area contributed by atoms with Gasteiger partial charge in [-0.05, 0) is 62.1 Å². The van der Waals surface area contributed by atoms with Crippen LogP contribution in [0.5, 0.6) is 5.75 Å². The minimum Gasteiger partial charge on any atom is -0.493 e. The highest BCUT2D eigenvalue weighted by Gasteiger charge is 2.48. The lowest BCUT2D eigenvalue weighted by Crippen LogP contribution is -2.12. The SMILES string of the molecule is CCOc1ccc(Br)cc1C(O)C1CC2CC2C1. The molecule has 1 N–H and O–H groups in total. The molecule has 1 aromatic rings. The van der Waals surface area contributed by atoms with Crippen LogP contribution >= 0.6 is 15.9 Å². The number of hydrogen-bond donors (Lipinski definition) is 1. The number of fused-ring (bicyclic) bond motifs is 1. The molecule has 2 aliphatic rings. The van der Waals surface area contributed by atoms with Gasteiger partial charge < -0.3 is 9.84 Å². The van der Waals surface area contributed by atoms with Crippen molar-refractivity contribution in [2.24, 2.45) is 17.8 Å². The average molecular weight is 311 g/mol. The maximum Gasteiger partial charge on any atom is 0.125 e. The van der Waals surface area contributed by atoms with Gasteiger partial charge in [0.15, 0.2) is 0 Å². The second-order valence-corrected chi connectivity index (χ2v) is 6.46. The van der Waals surface area contributed by atoms with E-state index in [2.05, 4.69) is 15.9 Å². The normalized spacial score (nSPS) is 30.9. The molecule has 0 radical (unpaired) electrons. The van der Waals surface area contributed by atoms with Crippen molar-refractivity contribution < 1.29 is 9.84 Å². The van der Waals surface area contributed by atoms with E-state index in [0.717, 1.165) is 27.6 Å². The Bertz CT molecular complexity index is 436. The summed E-state index contributed by atoms with van der Waals surface area (Å²) in [5, 5.41) is 10.6. The van der Waals surface area contributed by atoms with Crippen LogP contribution in [0.2, 0.25) is 0 Å². The van der Waals surface area contributed by atoms with Gasteiger partial charge in [-0.2, -0.15) is 0 Å². The van der Waals surface area contributed by atoms with Crippen molar-refractivity contribution in [1.29, 1.82) is 0 Å². The lowest BCUT2D eigenvalue weighted by atomic mass is 9.91. The fraction of sp³-hybridized carbons (Fsp3) is 0.600. The van der Waals surface area contributed by atoms with Crippen molar-refractivity contribution in [3.8, 4) is 5.75 Å². The second kappa shape index (κ2) is 4.86. The molecule has 98 valence electrons. The van der Waals surface area contributed by atoms with Crippen LogP contribution in [0.25, 0.3) is 0 Å². The minimum absolute atomic E-state index is 0.378. The predicted octanol–water partition coefficient (Wildman–Crippen LogP) is 3.93. The summed E-state index contributed by atoms with van der Waals surface area (Å²) < 4.78 is 6.63. The fourth-order valence-corrected chi connectivity index (χ4v) is 3.69. The summed E-state index contributed by atoms with van der Waals surface area (Å²) in [5.41, 5.74) is 0.942. The number of rotatable bonds is 4. The molecule has 1 aromatic carbocycles. The molecule has 2 fully saturated rings. The first-order valence-corrected chi connectivity index (χ1v) is 7.58. The zero-order chi connectivity index (χ0) is 12.7. The van der Waals surface area contributed by atoms with Crippen LogP contribution in [0.4, 0.5) is 0 Å².